The van der Waals surface area contributed by atoms with Crippen LogP contribution in [0.1, 0.15) is 17.7 Å². The minimum Gasteiger partial charge on any atom is -0.381 e. The Balaban J connectivity index is 1.67. The molecule has 2 heterocycles. The second-order valence-electron chi connectivity index (χ2n) is 5.71. The lowest BCUT2D eigenvalue weighted by atomic mass is 10.1. The van der Waals surface area contributed by atoms with Crippen molar-refractivity contribution in [3.05, 3.63) is 66.0 Å². The molecule has 1 unspecified atom stereocenters. The van der Waals surface area contributed by atoms with Crippen LogP contribution < -0.4 is 0 Å². The van der Waals surface area contributed by atoms with Crippen LogP contribution in [0.3, 0.4) is 0 Å². The Kier molecular flexibility index (Phi) is 4.98. The highest BCUT2D eigenvalue weighted by molar-refractivity contribution is 5.15. The molecule has 1 aromatic heterocycles. The maximum atomic E-state index is 5.52. The third-order valence-corrected chi connectivity index (χ3v) is 3.90. The summed E-state index contributed by atoms with van der Waals surface area (Å²) in [6.07, 6.45) is 3.04. The molecule has 0 saturated carbocycles. The molecule has 1 aliphatic heterocycles. The summed E-state index contributed by atoms with van der Waals surface area (Å²) >= 11 is 0. The van der Waals surface area contributed by atoms with E-state index in [4.69, 9.17) is 4.74 Å². The van der Waals surface area contributed by atoms with Gasteiger partial charge >= 0.3 is 0 Å². The molecule has 1 aliphatic rings. The second-order valence-corrected chi connectivity index (χ2v) is 5.71. The van der Waals surface area contributed by atoms with E-state index in [1.54, 1.807) is 0 Å². The first kappa shape index (κ1) is 14.2. The van der Waals surface area contributed by atoms with Crippen molar-refractivity contribution in [3.63, 3.8) is 0 Å². The van der Waals surface area contributed by atoms with Gasteiger partial charge in [-0.1, -0.05) is 36.4 Å². The number of rotatable bonds is 6. The summed E-state index contributed by atoms with van der Waals surface area (Å²) in [7, 11) is 0. The molecule has 110 valence electrons. The summed E-state index contributed by atoms with van der Waals surface area (Å²) in [5.74, 6) is 0.650. The smallest absolute Gasteiger partial charge is 0.0544 e. The predicted octanol–water partition coefficient (Wildman–Crippen LogP) is 3.12. The molecule has 1 aromatic carbocycles. The first-order valence-corrected chi connectivity index (χ1v) is 7.64. The Bertz CT molecular complexity index is 482. The summed E-state index contributed by atoms with van der Waals surface area (Å²) in [5.41, 5.74) is 2.49. The molecule has 0 radical (unpaired) electrons. The van der Waals surface area contributed by atoms with Crippen LogP contribution in [-0.2, 0) is 17.8 Å². The van der Waals surface area contributed by atoms with Gasteiger partial charge in [-0.2, -0.15) is 0 Å². The van der Waals surface area contributed by atoms with Crippen molar-refractivity contribution in [1.29, 1.82) is 0 Å². The van der Waals surface area contributed by atoms with E-state index in [0.717, 1.165) is 38.5 Å². The minimum absolute atomic E-state index is 0.650. The van der Waals surface area contributed by atoms with E-state index in [9.17, 15) is 0 Å². The van der Waals surface area contributed by atoms with E-state index in [2.05, 4.69) is 52.3 Å². The highest BCUT2D eigenvalue weighted by Crippen LogP contribution is 2.17. The fourth-order valence-electron chi connectivity index (χ4n) is 2.84. The Morgan fingerprint density at radius 1 is 1.05 bits per heavy atom. The van der Waals surface area contributed by atoms with Gasteiger partial charge in [-0.15, -0.1) is 0 Å². The molecule has 3 nitrogen and oxygen atoms in total. The van der Waals surface area contributed by atoms with Crippen LogP contribution in [0.4, 0.5) is 0 Å². The van der Waals surface area contributed by atoms with Gasteiger partial charge in [0.2, 0.25) is 0 Å². The van der Waals surface area contributed by atoms with Gasteiger partial charge in [-0.3, -0.25) is 9.88 Å². The summed E-state index contributed by atoms with van der Waals surface area (Å²) in [6, 6.07) is 16.8. The van der Waals surface area contributed by atoms with Crippen LogP contribution in [0.25, 0.3) is 0 Å². The zero-order chi connectivity index (χ0) is 14.3. The van der Waals surface area contributed by atoms with Crippen molar-refractivity contribution in [1.82, 2.24) is 9.88 Å². The van der Waals surface area contributed by atoms with Crippen molar-refractivity contribution >= 4 is 0 Å². The summed E-state index contributed by atoms with van der Waals surface area (Å²) in [4.78, 5) is 6.94. The zero-order valence-corrected chi connectivity index (χ0v) is 12.3. The third kappa shape index (κ3) is 4.38. The number of benzene rings is 1. The first-order chi connectivity index (χ1) is 10.4. The lowest BCUT2D eigenvalue weighted by molar-refractivity contribution is 0.161. The second kappa shape index (κ2) is 7.34. The van der Waals surface area contributed by atoms with Gasteiger partial charge in [0, 0.05) is 32.4 Å². The van der Waals surface area contributed by atoms with Crippen LogP contribution in [0.5, 0.6) is 0 Å². The molecule has 0 bridgehead atoms. The molecule has 1 atom stereocenters. The number of pyridine rings is 1. The van der Waals surface area contributed by atoms with Gasteiger partial charge in [0.1, 0.15) is 0 Å². The summed E-state index contributed by atoms with van der Waals surface area (Å²) in [5, 5.41) is 0. The normalized spacial score (nSPS) is 18.2. The van der Waals surface area contributed by atoms with Crippen molar-refractivity contribution in [2.24, 2.45) is 5.92 Å². The third-order valence-electron chi connectivity index (χ3n) is 3.90. The Hall–Kier alpha value is -1.71. The molecule has 3 rings (SSSR count). The number of ether oxygens (including phenoxy) is 1. The Morgan fingerprint density at radius 2 is 1.90 bits per heavy atom. The van der Waals surface area contributed by atoms with Crippen molar-refractivity contribution in [2.45, 2.75) is 19.5 Å². The summed E-state index contributed by atoms with van der Waals surface area (Å²) < 4.78 is 5.52. The zero-order valence-electron chi connectivity index (χ0n) is 12.3. The SMILES string of the molecule is c1ccc(CN(Cc2ccccn2)CC2CCOC2)cc1. The highest BCUT2D eigenvalue weighted by atomic mass is 16.5. The van der Waals surface area contributed by atoms with Crippen molar-refractivity contribution in [3.8, 4) is 0 Å². The molecule has 0 spiro atoms. The molecule has 2 aromatic rings. The van der Waals surface area contributed by atoms with Gasteiger partial charge < -0.3 is 4.74 Å². The van der Waals surface area contributed by atoms with Crippen LogP contribution in [0.15, 0.2) is 54.7 Å². The quantitative estimate of drug-likeness (QED) is 0.814. The lowest BCUT2D eigenvalue weighted by Crippen LogP contribution is -2.29. The van der Waals surface area contributed by atoms with Crippen molar-refractivity contribution in [2.75, 3.05) is 19.8 Å². The van der Waals surface area contributed by atoms with E-state index in [1.165, 1.54) is 12.0 Å². The number of nitrogens with zero attached hydrogens (tertiary/aromatic N) is 2. The molecule has 0 amide bonds. The van der Waals surface area contributed by atoms with E-state index in [-0.39, 0.29) is 0 Å². The molecule has 0 N–H and O–H groups in total. The van der Waals surface area contributed by atoms with E-state index in [0.29, 0.717) is 5.92 Å². The van der Waals surface area contributed by atoms with E-state index in [1.807, 2.05) is 12.3 Å². The number of aromatic nitrogens is 1. The largest absolute Gasteiger partial charge is 0.381 e. The number of hydrogen-bond donors (Lipinski definition) is 0. The lowest BCUT2D eigenvalue weighted by Gasteiger charge is -2.24. The maximum absolute atomic E-state index is 5.52. The van der Waals surface area contributed by atoms with Gasteiger partial charge in [-0.05, 0) is 30.0 Å². The fraction of sp³-hybridized carbons (Fsp3) is 0.389. The van der Waals surface area contributed by atoms with Gasteiger partial charge in [0.05, 0.1) is 12.3 Å². The molecular formula is C18H22N2O. The fourth-order valence-corrected chi connectivity index (χ4v) is 2.84. The van der Waals surface area contributed by atoms with Crippen LogP contribution in [0, 0.1) is 5.92 Å². The predicted molar refractivity (Wildman–Crippen MR) is 83.7 cm³/mol. The monoisotopic (exact) mass is 282 g/mol. The molecule has 1 saturated heterocycles. The van der Waals surface area contributed by atoms with Gasteiger partial charge in [0.25, 0.3) is 0 Å². The molecule has 1 fully saturated rings. The molecule has 21 heavy (non-hydrogen) atoms. The molecule has 3 heteroatoms. The van der Waals surface area contributed by atoms with Gasteiger partial charge in [-0.25, -0.2) is 0 Å². The van der Waals surface area contributed by atoms with E-state index >= 15 is 0 Å². The van der Waals surface area contributed by atoms with Crippen LogP contribution >= 0.6 is 0 Å². The van der Waals surface area contributed by atoms with Crippen molar-refractivity contribution < 1.29 is 4.74 Å². The van der Waals surface area contributed by atoms with E-state index < -0.39 is 0 Å². The topological polar surface area (TPSA) is 25.4 Å². The molecule has 0 aliphatic carbocycles. The number of hydrogen-bond acceptors (Lipinski definition) is 3. The first-order valence-electron chi connectivity index (χ1n) is 7.64. The highest BCUT2D eigenvalue weighted by Gasteiger charge is 2.19. The Morgan fingerprint density at radius 3 is 2.62 bits per heavy atom. The minimum atomic E-state index is 0.650. The molecular weight excluding hydrogens is 260 g/mol. The standard InChI is InChI=1S/C18H22N2O/c1-2-6-16(7-3-1)12-20(13-17-9-11-21-15-17)14-18-8-4-5-10-19-18/h1-8,10,17H,9,11-15H2. The average Bonchev–Trinajstić information content (AvgIpc) is 3.02. The van der Waals surface area contributed by atoms with Crippen LogP contribution in [-0.4, -0.2) is 29.6 Å². The average molecular weight is 282 g/mol. The van der Waals surface area contributed by atoms with Gasteiger partial charge in [0.15, 0.2) is 0 Å². The van der Waals surface area contributed by atoms with Crippen LogP contribution in [0.2, 0.25) is 0 Å². The summed E-state index contributed by atoms with van der Waals surface area (Å²) in [6.45, 7) is 4.74. The maximum Gasteiger partial charge on any atom is 0.0544 e. The Labute approximate surface area is 126 Å².